The molecule has 0 saturated carbocycles. The van der Waals surface area contributed by atoms with Crippen LogP contribution in [0.2, 0.25) is 0 Å². The van der Waals surface area contributed by atoms with Gasteiger partial charge in [-0.05, 0) is 24.1 Å². The summed E-state index contributed by atoms with van der Waals surface area (Å²) in [4.78, 5) is 55.7. The molecule has 0 spiro atoms. The third-order valence-electron chi connectivity index (χ3n) is 5.15. The lowest BCUT2D eigenvalue weighted by atomic mass is 10.0. The Hall–Kier alpha value is -2.83. The number of benzene rings is 1. The van der Waals surface area contributed by atoms with E-state index in [1.54, 1.807) is 30.5 Å². The number of nitrogens with zero attached hydrogens (tertiary/aromatic N) is 2. The molecular weight excluding hydrogens is 484 g/mol. The maximum atomic E-state index is 12.8. The first kappa shape index (κ1) is 23.3. The zero-order chi connectivity index (χ0) is 23.7. The van der Waals surface area contributed by atoms with Crippen LogP contribution in [0, 0.1) is 6.92 Å². The van der Waals surface area contributed by atoms with E-state index in [0.29, 0.717) is 27.6 Å². The van der Waals surface area contributed by atoms with E-state index >= 15 is 0 Å². The Kier molecular flexibility index (Phi) is 6.77. The van der Waals surface area contributed by atoms with Gasteiger partial charge in [0.1, 0.15) is 17.1 Å². The van der Waals surface area contributed by atoms with Gasteiger partial charge in [0.05, 0.1) is 6.42 Å². The van der Waals surface area contributed by atoms with Crippen molar-refractivity contribution in [3.05, 3.63) is 57.2 Å². The number of nitrogen functional groups attached to an aromatic ring is 1. The number of carboxylic acids is 1. The van der Waals surface area contributed by atoms with Crippen molar-refractivity contribution in [3.8, 4) is 0 Å². The normalized spacial score (nSPS) is 19.7. The quantitative estimate of drug-likeness (QED) is 0.380. The number of amides is 2. The van der Waals surface area contributed by atoms with Gasteiger partial charge in [0, 0.05) is 28.3 Å². The monoisotopic (exact) mass is 504 g/mol. The van der Waals surface area contributed by atoms with E-state index in [1.165, 1.54) is 28.0 Å². The molecule has 2 atom stereocenters. The molecule has 1 aromatic heterocycles. The zero-order valence-electron chi connectivity index (χ0n) is 17.4. The van der Waals surface area contributed by atoms with E-state index in [0.717, 1.165) is 16.6 Å². The van der Waals surface area contributed by atoms with Gasteiger partial charge >= 0.3 is 5.97 Å². The summed E-state index contributed by atoms with van der Waals surface area (Å²) in [5.41, 5.74) is 7.39. The van der Waals surface area contributed by atoms with E-state index in [2.05, 4.69) is 10.3 Å². The maximum absolute atomic E-state index is 12.8. The van der Waals surface area contributed by atoms with Crippen LogP contribution in [0.4, 0.5) is 5.69 Å². The molecule has 1 aromatic carbocycles. The first-order chi connectivity index (χ1) is 15.8. The number of thiazole rings is 1. The molecule has 1 fully saturated rings. The molecule has 0 radical (unpaired) electrons. The number of hydrogen-bond acceptors (Lipinski definition) is 9. The third kappa shape index (κ3) is 4.77. The molecule has 1 saturated heterocycles. The molecule has 2 aromatic rings. The molecule has 2 aliphatic rings. The van der Waals surface area contributed by atoms with Gasteiger partial charge in [0.2, 0.25) is 11.0 Å². The molecule has 12 heteroatoms. The van der Waals surface area contributed by atoms with Gasteiger partial charge in [-0.2, -0.15) is 0 Å². The summed E-state index contributed by atoms with van der Waals surface area (Å²) < 4.78 is 0. The zero-order valence-corrected chi connectivity index (χ0v) is 19.9. The molecule has 4 N–H and O–H groups in total. The summed E-state index contributed by atoms with van der Waals surface area (Å²) in [6.07, 6.45) is 1.64. The third-order valence-corrected chi connectivity index (χ3v) is 8.47. The number of carbonyl (C=O) groups is 4. The number of β-lactam (4-membered cyclic amide) rings is 1. The summed E-state index contributed by atoms with van der Waals surface area (Å²) in [7, 11) is 0. The predicted molar refractivity (Wildman–Crippen MR) is 128 cm³/mol. The predicted octanol–water partition coefficient (Wildman–Crippen LogP) is 1.89. The minimum absolute atomic E-state index is 0.0235. The molecule has 1 unspecified atom stereocenters. The van der Waals surface area contributed by atoms with Crippen LogP contribution in [0.3, 0.4) is 0 Å². The van der Waals surface area contributed by atoms with Gasteiger partial charge in [-0.25, -0.2) is 9.78 Å². The molecule has 0 bridgehead atoms. The number of para-hydroxylation sites is 1. The lowest BCUT2D eigenvalue weighted by molar-refractivity contribution is -0.150. The second-order valence-corrected chi connectivity index (χ2v) is 10.7. The number of carbonyl (C=O) groups excluding carboxylic acids is 3. The smallest absolute Gasteiger partial charge is 0.352 e. The molecule has 4 rings (SSSR count). The van der Waals surface area contributed by atoms with Crippen molar-refractivity contribution in [2.45, 2.75) is 24.8 Å². The number of fused-ring (bicyclic) bond motifs is 1. The van der Waals surface area contributed by atoms with Gasteiger partial charge in [-0.15, -0.1) is 23.1 Å². The van der Waals surface area contributed by atoms with E-state index < -0.39 is 23.3 Å². The first-order valence-electron chi connectivity index (χ1n) is 9.88. The first-order valence-corrected chi connectivity index (χ1v) is 12.7. The van der Waals surface area contributed by atoms with Crippen molar-refractivity contribution in [2.75, 3.05) is 17.2 Å². The summed E-state index contributed by atoms with van der Waals surface area (Å²) in [5.74, 6) is -1.59. The van der Waals surface area contributed by atoms with Crippen LogP contribution >= 0.6 is 34.9 Å². The Morgan fingerprint density at radius 2 is 2.09 bits per heavy atom. The van der Waals surface area contributed by atoms with E-state index in [4.69, 9.17) is 5.73 Å². The van der Waals surface area contributed by atoms with Crippen LogP contribution in [-0.4, -0.2) is 60.8 Å². The fourth-order valence-electron chi connectivity index (χ4n) is 3.55. The number of nitrogens with two attached hydrogens (primary N) is 1. The highest BCUT2D eigenvalue weighted by atomic mass is 32.2. The highest BCUT2D eigenvalue weighted by Crippen LogP contribution is 2.41. The van der Waals surface area contributed by atoms with Gasteiger partial charge in [0.15, 0.2) is 5.01 Å². The number of aliphatic carboxylic acids is 1. The Morgan fingerprint density at radius 1 is 1.33 bits per heavy atom. The summed E-state index contributed by atoms with van der Waals surface area (Å²) >= 11 is 3.61. The number of aryl methyl sites for hydroxylation is 1. The number of rotatable bonds is 7. The number of carboxylic acid groups (broad SMARTS) is 1. The average molecular weight is 505 g/mol. The average Bonchev–Trinajstić information content (AvgIpc) is 3.23. The lowest BCUT2D eigenvalue weighted by Crippen LogP contribution is -2.70. The molecule has 3 heterocycles. The van der Waals surface area contributed by atoms with Gasteiger partial charge in [-0.3, -0.25) is 19.3 Å². The molecule has 33 heavy (non-hydrogen) atoms. The molecule has 2 aliphatic heterocycles. The van der Waals surface area contributed by atoms with Crippen molar-refractivity contribution in [1.82, 2.24) is 15.2 Å². The summed E-state index contributed by atoms with van der Waals surface area (Å²) in [6, 6.07) is 6.17. The Bertz CT molecular complexity index is 1180. The van der Waals surface area contributed by atoms with Crippen LogP contribution in [0.5, 0.6) is 0 Å². The van der Waals surface area contributed by atoms with Crippen molar-refractivity contribution in [1.29, 1.82) is 0 Å². The van der Waals surface area contributed by atoms with Crippen molar-refractivity contribution in [3.63, 3.8) is 0 Å². The van der Waals surface area contributed by atoms with Crippen LogP contribution in [0.15, 0.2) is 41.7 Å². The molecule has 0 aliphatic carbocycles. The van der Waals surface area contributed by atoms with Crippen molar-refractivity contribution < 1.29 is 24.3 Å². The molecule has 2 amide bonds. The van der Waals surface area contributed by atoms with Crippen LogP contribution in [0.25, 0.3) is 0 Å². The number of nitrogens with one attached hydrogen (secondary N) is 1. The largest absolute Gasteiger partial charge is 0.477 e. The Morgan fingerprint density at radius 3 is 2.76 bits per heavy atom. The second kappa shape index (κ2) is 9.57. The summed E-state index contributed by atoms with van der Waals surface area (Å²) in [5, 5.41) is 12.1. The number of thioether (sulfide) groups is 2. The SMILES string of the molecule is Cc1cnc(C(=O)SCC2=C(C(=O)O)N3C(=O)C(NC(=O)Cc4ccccc4N)[C@H]3SC2)s1. The van der Waals surface area contributed by atoms with Crippen LogP contribution in [0.1, 0.15) is 20.2 Å². The van der Waals surface area contributed by atoms with Gasteiger partial charge < -0.3 is 16.2 Å². The number of hydrogen-bond donors (Lipinski definition) is 3. The highest BCUT2D eigenvalue weighted by Gasteiger charge is 2.54. The molecule has 9 nitrogen and oxygen atoms in total. The lowest BCUT2D eigenvalue weighted by Gasteiger charge is -2.49. The van der Waals surface area contributed by atoms with Crippen molar-refractivity contribution >= 4 is 63.4 Å². The number of anilines is 1. The standard InChI is InChI=1S/C21H20N4O5S3/c1-10-7-23-17(33-10)21(30)32-9-12-8-31-19-15(18(27)25(19)16(12)20(28)29)24-14(26)6-11-4-2-3-5-13(11)22/h2-5,7,15,19H,6,8-9,22H2,1H3,(H,24,26)(H,28,29)/t15?,19-/m1/s1. The fourth-order valence-corrected chi connectivity index (χ4v) is 6.65. The highest BCUT2D eigenvalue weighted by molar-refractivity contribution is 8.14. The molecule has 172 valence electrons. The second-order valence-electron chi connectivity index (χ2n) is 7.44. The number of aromatic nitrogens is 1. The maximum Gasteiger partial charge on any atom is 0.352 e. The van der Waals surface area contributed by atoms with E-state index in [9.17, 15) is 24.3 Å². The van der Waals surface area contributed by atoms with Gasteiger partial charge in [-0.1, -0.05) is 30.0 Å². The minimum Gasteiger partial charge on any atom is -0.477 e. The topological polar surface area (TPSA) is 143 Å². The van der Waals surface area contributed by atoms with Crippen LogP contribution < -0.4 is 11.1 Å². The fraction of sp³-hybridized carbons (Fsp3) is 0.286. The minimum atomic E-state index is -1.23. The van der Waals surface area contributed by atoms with E-state index in [1.807, 2.05) is 6.92 Å². The molecular formula is C21H20N4O5S3. The van der Waals surface area contributed by atoms with Crippen LogP contribution in [-0.2, 0) is 20.8 Å². The van der Waals surface area contributed by atoms with E-state index in [-0.39, 0.29) is 28.9 Å². The van der Waals surface area contributed by atoms with Gasteiger partial charge in [0.25, 0.3) is 5.91 Å². The van der Waals surface area contributed by atoms with Crippen molar-refractivity contribution in [2.24, 2.45) is 0 Å². The Balaban J connectivity index is 1.42. The summed E-state index contributed by atoms with van der Waals surface area (Å²) in [6.45, 7) is 1.85. The Labute approximate surface area is 201 Å².